The Kier molecular flexibility index (Phi) is 5.14. The Morgan fingerprint density at radius 3 is 2.14 bits per heavy atom. The van der Waals surface area contributed by atoms with Crippen LogP contribution in [0.3, 0.4) is 0 Å². The van der Waals surface area contributed by atoms with Crippen molar-refractivity contribution in [3.8, 4) is 0 Å². The van der Waals surface area contributed by atoms with Gasteiger partial charge >= 0.3 is 5.97 Å². The number of amides is 1. The van der Waals surface area contributed by atoms with Crippen molar-refractivity contribution in [1.29, 1.82) is 0 Å². The molecule has 0 saturated heterocycles. The van der Waals surface area contributed by atoms with Crippen LogP contribution in [-0.4, -0.2) is 28.0 Å². The van der Waals surface area contributed by atoms with E-state index in [1.165, 1.54) is 6.20 Å². The molecule has 1 heterocycles. The van der Waals surface area contributed by atoms with Crippen molar-refractivity contribution in [2.45, 2.75) is 12.5 Å². The predicted octanol–water partition coefficient (Wildman–Crippen LogP) is 4.47. The molecule has 0 aliphatic carbocycles. The molecule has 6 heteroatoms. The molecule has 1 amide bonds. The van der Waals surface area contributed by atoms with Crippen LogP contribution in [0.4, 0.5) is 0 Å². The zero-order valence-corrected chi connectivity index (χ0v) is 16.1. The second-order valence-electron chi connectivity index (χ2n) is 6.75. The fourth-order valence-electron chi connectivity index (χ4n) is 3.45. The molecule has 0 aliphatic rings. The number of aromatic nitrogens is 1. The summed E-state index contributed by atoms with van der Waals surface area (Å²) in [5.74, 6) is -1.54. The van der Waals surface area contributed by atoms with E-state index in [2.05, 4.69) is 10.3 Å². The number of carbonyl (C=O) groups excluding carboxylic acids is 1. The molecule has 0 radical (unpaired) electrons. The molecule has 4 rings (SSSR count). The lowest BCUT2D eigenvalue weighted by atomic mass is 9.96. The van der Waals surface area contributed by atoms with Gasteiger partial charge in [-0.2, -0.15) is 0 Å². The van der Waals surface area contributed by atoms with Crippen LogP contribution in [0, 0.1) is 0 Å². The molecule has 0 aliphatic heterocycles. The second kappa shape index (κ2) is 7.89. The summed E-state index contributed by atoms with van der Waals surface area (Å²) in [6.07, 6.45) is 1.62. The number of hydrogen-bond donors (Lipinski definition) is 2. The van der Waals surface area contributed by atoms with E-state index in [0.29, 0.717) is 16.3 Å². The summed E-state index contributed by atoms with van der Waals surface area (Å²) >= 11 is 5.79. The summed E-state index contributed by atoms with van der Waals surface area (Å²) in [5.41, 5.74) is 1.14. The number of hydrogen-bond acceptors (Lipinski definition) is 3. The first kappa shape index (κ1) is 18.9. The lowest BCUT2D eigenvalue weighted by molar-refractivity contribution is -0.139. The van der Waals surface area contributed by atoms with E-state index in [0.717, 1.165) is 21.5 Å². The highest BCUT2D eigenvalue weighted by atomic mass is 35.5. The van der Waals surface area contributed by atoms with Crippen molar-refractivity contribution in [2.24, 2.45) is 0 Å². The minimum atomic E-state index is -1.11. The van der Waals surface area contributed by atoms with Gasteiger partial charge in [-0.1, -0.05) is 66.2 Å². The molecule has 29 heavy (non-hydrogen) atoms. The number of fused-ring (bicyclic) bond motifs is 2. The third kappa shape index (κ3) is 3.91. The molecule has 3 aromatic carbocycles. The molecule has 0 spiro atoms. The normalized spacial score (nSPS) is 12.0. The third-order valence-electron chi connectivity index (χ3n) is 4.83. The van der Waals surface area contributed by atoms with Crippen LogP contribution in [0.25, 0.3) is 21.5 Å². The smallest absolute Gasteiger partial charge is 0.326 e. The molecule has 1 atom stereocenters. The minimum absolute atomic E-state index is 0.105. The van der Waals surface area contributed by atoms with Gasteiger partial charge < -0.3 is 10.4 Å². The van der Waals surface area contributed by atoms with Gasteiger partial charge in [0.2, 0.25) is 0 Å². The molecular formula is C23H17ClN2O3. The number of aliphatic carboxylic acids is 1. The van der Waals surface area contributed by atoms with Crippen molar-refractivity contribution in [1.82, 2.24) is 10.3 Å². The van der Waals surface area contributed by atoms with Gasteiger partial charge in [-0.05, 0) is 39.2 Å². The molecule has 1 aromatic heterocycles. The SMILES string of the molecule is O=C(N[C@@H](Cc1ccc(Cl)nc1)C(=O)O)c1c2ccccc2cc2ccccc12. The Morgan fingerprint density at radius 2 is 1.59 bits per heavy atom. The fraction of sp³-hybridized carbons (Fsp3) is 0.0870. The summed E-state index contributed by atoms with van der Waals surface area (Å²) in [4.78, 5) is 29.0. The predicted molar refractivity (Wildman–Crippen MR) is 113 cm³/mol. The topological polar surface area (TPSA) is 79.3 Å². The first-order chi connectivity index (χ1) is 14.0. The first-order valence-corrected chi connectivity index (χ1v) is 9.45. The van der Waals surface area contributed by atoms with Crippen molar-refractivity contribution in [2.75, 3.05) is 0 Å². The van der Waals surface area contributed by atoms with E-state index in [-0.39, 0.29) is 6.42 Å². The van der Waals surface area contributed by atoms with Crippen LogP contribution in [0.15, 0.2) is 72.9 Å². The van der Waals surface area contributed by atoms with Gasteiger partial charge in [-0.3, -0.25) is 4.79 Å². The lowest BCUT2D eigenvalue weighted by Gasteiger charge is -2.17. The Morgan fingerprint density at radius 1 is 0.966 bits per heavy atom. The molecule has 0 bridgehead atoms. The minimum Gasteiger partial charge on any atom is -0.480 e. The maximum absolute atomic E-state index is 13.2. The van der Waals surface area contributed by atoms with Gasteiger partial charge in [0.15, 0.2) is 0 Å². The van der Waals surface area contributed by atoms with E-state index < -0.39 is 17.9 Å². The second-order valence-corrected chi connectivity index (χ2v) is 7.14. The van der Waals surface area contributed by atoms with Crippen LogP contribution in [0.5, 0.6) is 0 Å². The summed E-state index contributed by atoms with van der Waals surface area (Å²) in [5, 5.41) is 16.1. The van der Waals surface area contributed by atoms with E-state index in [1.807, 2.05) is 54.6 Å². The van der Waals surface area contributed by atoms with Crippen LogP contribution >= 0.6 is 11.6 Å². The lowest BCUT2D eigenvalue weighted by Crippen LogP contribution is -2.42. The zero-order valence-electron chi connectivity index (χ0n) is 15.3. The zero-order chi connectivity index (χ0) is 20.4. The van der Waals surface area contributed by atoms with E-state index in [9.17, 15) is 14.7 Å². The summed E-state index contributed by atoms with van der Waals surface area (Å²) in [6.45, 7) is 0. The van der Waals surface area contributed by atoms with E-state index in [4.69, 9.17) is 11.6 Å². The molecular weight excluding hydrogens is 388 g/mol. The monoisotopic (exact) mass is 404 g/mol. The van der Waals surface area contributed by atoms with Gasteiger partial charge in [0.1, 0.15) is 11.2 Å². The van der Waals surface area contributed by atoms with Gasteiger partial charge in [0.25, 0.3) is 5.91 Å². The number of pyridine rings is 1. The van der Waals surface area contributed by atoms with Crippen molar-refractivity contribution in [3.05, 3.63) is 89.2 Å². The molecule has 144 valence electrons. The van der Waals surface area contributed by atoms with Gasteiger partial charge in [0, 0.05) is 12.6 Å². The number of nitrogens with zero attached hydrogens (tertiary/aromatic N) is 1. The first-order valence-electron chi connectivity index (χ1n) is 9.07. The van der Waals surface area contributed by atoms with Crippen molar-refractivity contribution < 1.29 is 14.7 Å². The van der Waals surface area contributed by atoms with Crippen LogP contribution in [-0.2, 0) is 11.2 Å². The highest BCUT2D eigenvalue weighted by Crippen LogP contribution is 2.28. The Balaban J connectivity index is 1.73. The number of halogens is 1. The average Bonchev–Trinajstić information content (AvgIpc) is 2.72. The number of carboxylic acids is 1. The third-order valence-corrected chi connectivity index (χ3v) is 5.05. The molecule has 0 unspecified atom stereocenters. The molecule has 4 aromatic rings. The number of rotatable bonds is 5. The quantitative estimate of drug-likeness (QED) is 0.380. The van der Waals surface area contributed by atoms with Crippen molar-refractivity contribution >= 4 is 45.0 Å². The summed E-state index contributed by atoms with van der Waals surface area (Å²) < 4.78 is 0. The van der Waals surface area contributed by atoms with Gasteiger partial charge in [0.05, 0.1) is 5.56 Å². The Hall–Kier alpha value is -3.44. The van der Waals surface area contributed by atoms with E-state index >= 15 is 0 Å². The largest absolute Gasteiger partial charge is 0.480 e. The number of carbonyl (C=O) groups is 2. The van der Waals surface area contributed by atoms with Crippen LogP contribution in [0.2, 0.25) is 5.15 Å². The summed E-state index contributed by atoms with van der Waals surface area (Å²) in [6, 6.07) is 19.4. The van der Waals surface area contributed by atoms with Crippen LogP contribution in [0.1, 0.15) is 15.9 Å². The van der Waals surface area contributed by atoms with Crippen molar-refractivity contribution in [3.63, 3.8) is 0 Å². The number of carboxylic acid groups (broad SMARTS) is 1. The maximum atomic E-state index is 13.2. The Labute approximate surface area is 172 Å². The summed E-state index contributed by atoms with van der Waals surface area (Å²) in [7, 11) is 0. The fourth-order valence-corrected chi connectivity index (χ4v) is 3.56. The highest BCUT2D eigenvalue weighted by Gasteiger charge is 2.23. The molecule has 2 N–H and O–H groups in total. The number of benzene rings is 3. The van der Waals surface area contributed by atoms with Crippen LogP contribution < -0.4 is 5.32 Å². The number of nitrogens with one attached hydrogen (secondary N) is 1. The maximum Gasteiger partial charge on any atom is 0.326 e. The average molecular weight is 405 g/mol. The standard InChI is InChI=1S/C23H17ClN2O3/c24-20-10-9-14(13-25-20)11-19(23(28)29)26-22(27)21-17-7-3-1-5-15(17)12-16-6-2-4-8-18(16)21/h1-10,12-13,19H,11H2,(H,26,27)(H,28,29)/t19-/m0/s1. The van der Waals surface area contributed by atoms with Gasteiger partial charge in [-0.15, -0.1) is 0 Å². The molecule has 0 saturated carbocycles. The van der Waals surface area contributed by atoms with Gasteiger partial charge in [-0.25, -0.2) is 9.78 Å². The molecule has 5 nitrogen and oxygen atoms in total. The highest BCUT2D eigenvalue weighted by molar-refractivity contribution is 6.29. The van der Waals surface area contributed by atoms with E-state index in [1.54, 1.807) is 12.1 Å². The Bertz CT molecular complexity index is 1170. The molecule has 0 fully saturated rings.